The van der Waals surface area contributed by atoms with Crippen LogP contribution in [0.25, 0.3) is 0 Å². The summed E-state index contributed by atoms with van der Waals surface area (Å²) < 4.78 is 18.9. The normalized spacial score (nSPS) is 12.2. The lowest BCUT2D eigenvalue weighted by Crippen LogP contribution is -2.20. The summed E-state index contributed by atoms with van der Waals surface area (Å²) in [5, 5.41) is 3.14. The molecule has 0 aliphatic carbocycles. The average molecular weight is 260 g/mol. The van der Waals surface area contributed by atoms with Gasteiger partial charge in [-0.2, -0.15) is 0 Å². The van der Waals surface area contributed by atoms with E-state index in [1.54, 1.807) is 19.4 Å². The van der Waals surface area contributed by atoms with E-state index < -0.39 is 0 Å². The molecule has 1 aromatic heterocycles. The van der Waals surface area contributed by atoms with Crippen LogP contribution in [0.2, 0.25) is 0 Å². The van der Waals surface area contributed by atoms with E-state index in [1.807, 2.05) is 31.3 Å². The van der Waals surface area contributed by atoms with Crippen LogP contribution in [0.3, 0.4) is 0 Å². The Hall–Kier alpha value is -1.94. The molecular weight excluding hydrogens is 243 g/mol. The lowest BCUT2D eigenvalue weighted by Gasteiger charge is -2.17. The third-order valence-corrected chi connectivity index (χ3v) is 3.10. The minimum absolute atomic E-state index is 0.0879. The molecule has 0 aliphatic heterocycles. The van der Waals surface area contributed by atoms with Gasteiger partial charge >= 0.3 is 0 Å². The van der Waals surface area contributed by atoms with Crippen LogP contribution in [0.1, 0.15) is 17.2 Å². The maximum Gasteiger partial charge on any atom is 0.146 e. The lowest BCUT2D eigenvalue weighted by molar-refractivity contribution is 0.414. The van der Waals surface area contributed by atoms with Crippen LogP contribution in [0, 0.1) is 5.82 Å². The second-order valence-corrected chi connectivity index (χ2v) is 4.29. The molecule has 2 rings (SSSR count). The van der Waals surface area contributed by atoms with Gasteiger partial charge < -0.3 is 10.1 Å². The van der Waals surface area contributed by atoms with E-state index in [-0.39, 0.29) is 11.9 Å². The Morgan fingerprint density at radius 2 is 2.21 bits per heavy atom. The van der Waals surface area contributed by atoms with Crippen molar-refractivity contribution < 1.29 is 9.13 Å². The minimum atomic E-state index is -0.287. The third-order valence-electron chi connectivity index (χ3n) is 3.10. The minimum Gasteiger partial charge on any atom is -0.497 e. The second-order valence-electron chi connectivity index (χ2n) is 4.29. The third kappa shape index (κ3) is 3.29. The first-order valence-corrected chi connectivity index (χ1v) is 6.14. The van der Waals surface area contributed by atoms with Crippen molar-refractivity contribution in [1.82, 2.24) is 10.3 Å². The summed E-state index contributed by atoms with van der Waals surface area (Å²) in [6.45, 7) is 0. The number of halogens is 1. The Labute approximate surface area is 112 Å². The van der Waals surface area contributed by atoms with Crippen molar-refractivity contribution in [3.05, 3.63) is 59.7 Å². The molecule has 2 aromatic rings. The van der Waals surface area contributed by atoms with Crippen LogP contribution < -0.4 is 10.1 Å². The molecule has 0 bridgehead atoms. The first-order chi connectivity index (χ1) is 9.24. The molecule has 0 spiro atoms. The number of benzene rings is 1. The molecule has 0 radical (unpaired) electrons. The van der Waals surface area contributed by atoms with Gasteiger partial charge in [0.25, 0.3) is 0 Å². The van der Waals surface area contributed by atoms with Gasteiger partial charge in [-0.25, -0.2) is 4.39 Å². The Balaban J connectivity index is 2.21. The van der Waals surface area contributed by atoms with E-state index in [1.165, 1.54) is 6.20 Å². The number of pyridine rings is 1. The molecule has 19 heavy (non-hydrogen) atoms. The van der Waals surface area contributed by atoms with Gasteiger partial charge in [-0.1, -0.05) is 12.1 Å². The molecule has 0 aliphatic rings. The molecule has 0 amide bonds. The predicted molar refractivity (Wildman–Crippen MR) is 72.7 cm³/mol. The molecule has 1 unspecified atom stereocenters. The average Bonchev–Trinajstić information content (AvgIpc) is 2.46. The molecule has 1 heterocycles. The summed E-state index contributed by atoms with van der Waals surface area (Å²) in [5.74, 6) is 0.521. The molecule has 1 atom stereocenters. The van der Waals surface area contributed by atoms with Crippen LogP contribution in [0.4, 0.5) is 4.39 Å². The van der Waals surface area contributed by atoms with Crippen LogP contribution in [0.15, 0.2) is 42.7 Å². The maximum absolute atomic E-state index is 13.7. The fourth-order valence-electron chi connectivity index (χ4n) is 2.07. The van der Waals surface area contributed by atoms with E-state index in [0.717, 1.165) is 11.3 Å². The Morgan fingerprint density at radius 3 is 2.89 bits per heavy atom. The molecule has 1 aromatic carbocycles. The zero-order valence-corrected chi connectivity index (χ0v) is 11.1. The van der Waals surface area contributed by atoms with Crippen molar-refractivity contribution in [2.75, 3.05) is 14.2 Å². The van der Waals surface area contributed by atoms with Gasteiger partial charge in [0, 0.05) is 17.8 Å². The smallest absolute Gasteiger partial charge is 0.146 e. The number of nitrogens with zero attached hydrogens (tertiary/aromatic N) is 1. The van der Waals surface area contributed by atoms with Crippen LogP contribution in [-0.2, 0) is 6.42 Å². The van der Waals surface area contributed by atoms with Crippen molar-refractivity contribution in [3.63, 3.8) is 0 Å². The summed E-state index contributed by atoms with van der Waals surface area (Å²) >= 11 is 0. The van der Waals surface area contributed by atoms with Crippen molar-refractivity contribution >= 4 is 0 Å². The van der Waals surface area contributed by atoms with E-state index in [0.29, 0.717) is 12.0 Å². The first-order valence-electron chi connectivity index (χ1n) is 6.14. The maximum atomic E-state index is 13.7. The largest absolute Gasteiger partial charge is 0.497 e. The highest BCUT2D eigenvalue weighted by atomic mass is 19.1. The van der Waals surface area contributed by atoms with Crippen molar-refractivity contribution in [2.45, 2.75) is 12.5 Å². The lowest BCUT2D eigenvalue weighted by atomic mass is 9.99. The van der Waals surface area contributed by atoms with Gasteiger partial charge in [0.2, 0.25) is 0 Å². The number of methoxy groups -OCH3 is 1. The summed E-state index contributed by atoms with van der Waals surface area (Å²) in [6, 6.07) is 9.41. The van der Waals surface area contributed by atoms with Crippen molar-refractivity contribution in [2.24, 2.45) is 0 Å². The second kappa shape index (κ2) is 6.29. The molecule has 0 saturated heterocycles. The fourth-order valence-corrected chi connectivity index (χ4v) is 2.07. The van der Waals surface area contributed by atoms with E-state index in [9.17, 15) is 4.39 Å². The van der Waals surface area contributed by atoms with E-state index in [4.69, 9.17) is 4.74 Å². The molecular formula is C15H17FN2O. The standard InChI is InChI=1S/C15H17FN2O/c1-17-15(13-6-7-18-10-14(13)16)9-11-4-3-5-12(8-11)19-2/h3-8,10,15,17H,9H2,1-2H3. The zero-order valence-electron chi connectivity index (χ0n) is 11.1. The number of ether oxygens (including phenoxy) is 1. The van der Waals surface area contributed by atoms with Gasteiger partial charge in [-0.3, -0.25) is 4.98 Å². The molecule has 1 N–H and O–H groups in total. The van der Waals surface area contributed by atoms with Gasteiger partial charge in [-0.15, -0.1) is 0 Å². The predicted octanol–water partition coefficient (Wildman–Crippen LogP) is 2.73. The highest BCUT2D eigenvalue weighted by molar-refractivity contribution is 5.30. The summed E-state index contributed by atoms with van der Waals surface area (Å²) in [7, 11) is 3.46. The number of likely N-dealkylation sites (N-methyl/N-ethyl adjacent to an activating group) is 1. The monoisotopic (exact) mass is 260 g/mol. The van der Waals surface area contributed by atoms with Crippen LogP contribution >= 0.6 is 0 Å². The number of hydrogen-bond acceptors (Lipinski definition) is 3. The van der Waals surface area contributed by atoms with E-state index in [2.05, 4.69) is 10.3 Å². The number of nitrogens with one attached hydrogen (secondary N) is 1. The zero-order chi connectivity index (χ0) is 13.7. The van der Waals surface area contributed by atoms with Gasteiger partial charge in [0.15, 0.2) is 0 Å². The first kappa shape index (κ1) is 13.5. The van der Waals surface area contributed by atoms with Gasteiger partial charge in [-0.05, 0) is 37.2 Å². The quantitative estimate of drug-likeness (QED) is 0.897. The molecule has 0 fully saturated rings. The van der Waals surface area contributed by atoms with Crippen LogP contribution in [0.5, 0.6) is 5.75 Å². The highest BCUT2D eigenvalue weighted by Crippen LogP contribution is 2.22. The highest BCUT2D eigenvalue weighted by Gasteiger charge is 2.14. The van der Waals surface area contributed by atoms with Crippen molar-refractivity contribution in [1.29, 1.82) is 0 Å². The Kier molecular flexibility index (Phi) is 4.47. The topological polar surface area (TPSA) is 34.1 Å². The SMILES string of the molecule is CNC(Cc1cccc(OC)c1)c1ccncc1F. The van der Waals surface area contributed by atoms with E-state index >= 15 is 0 Å². The molecule has 0 saturated carbocycles. The van der Waals surface area contributed by atoms with Gasteiger partial charge in [0.1, 0.15) is 11.6 Å². The Bertz CT molecular complexity index is 545. The summed E-state index contributed by atoms with van der Waals surface area (Å²) in [4.78, 5) is 3.77. The van der Waals surface area contributed by atoms with Crippen LogP contribution in [-0.4, -0.2) is 19.1 Å². The molecule has 4 heteroatoms. The van der Waals surface area contributed by atoms with Crippen molar-refractivity contribution in [3.8, 4) is 5.75 Å². The number of hydrogen-bond donors (Lipinski definition) is 1. The Morgan fingerprint density at radius 1 is 1.37 bits per heavy atom. The fraction of sp³-hybridized carbons (Fsp3) is 0.267. The van der Waals surface area contributed by atoms with Gasteiger partial charge in [0.05, 0.1) is 13.3 Å². The number of rotatable bonds is 5. The molecule has 3 nitrogen and oxygen atoms in total. The summed E-state index contributed by atoms with van der Waals surface area (Å²) in [5.41, 5.74) is 1.72. The summed E-state index contributed by atoms with van der Waals surface area (Å²) in [6.07, 6.45) is 3.54. The number of aromatic nitrogens is 1. The molecule has 100 valence electrons.